The van der Waals surface area contributed by atoms with E-state index in [4.69, 9.17) is 4.74 Å². The normalized spacial score (nSPS) is 12.5. The molecule has 4 rings (SSSR count). The van der Waals surface area contributed by atoms with E-state index in [2.05, 4.69) is 15.3 Å². The second kappa shape index (κ2) is 7.87. The monoisotopic (exact) mass is 374 g/mol. The van der Waals surface area contributed by atoms with Crippen molar-refractivity contribution in [3.63, 3.8) is 0 Å². The third-order valence-electron chi connectivity index (χ3n) is 4.37. The van der Waals surface area contributed by atoms with E-state index in [0.717, 1.165) is 11.1 Å². The predicted molar refractivity (Wildman–Crippen MR) is 103 cm³/mol. The Morgan fingerprint density at radius 3 is 2.64 bits per heavy atom. The number of aromatic nitrogens is 2. The van der Waals surface area contributed by atoms with E-state index in [9.17, 15) is 9.59 Å². The van der Waals surface area contributed by atoms with E-state index in [1.807, 2.05) is 24.3 Å². The molecule has 2 aromatic heterocycles. The second-order valence-electron chi connectivity index (χ2n) is 6.43. The van der Waals surface area contributed by atoms with Crippen molar-refractivity contribution in [1.29, 1.82) is 0 Å². The molecular weight excluding hydrogens is 356 g/mol. The van der Waals surface area contributed by atoms with E-state index < -0.39 is 0 Å². The Hall–Kier alpha value is -3.74. The van der Waals surface area contributed by atoms with Gasteiger partial charge in [0.15, 0.2) is 6.61 Å². The highest BCUT2D eigenvalue weighted by atomic mass is 16.5. The van der Waals surface area contributed by atoms with Crippen molar-refractivity contribution < 1.29 is 14.3 Å². The molecule has 1 N–H and O–H groups in total. The zero-order valence-corrected chi connectivity index (χ0v) is 15.0. The summed E-state index contributed by atoms with van der Waals surface area (Å²) in [5.41, 5.74) is 2.98. The van der Waals surface area contributed by atoms with Gasteiger partial charge < -0.3 is 15.0 Å². The number of nitrogens with zero attached hydrogens (tertiary/aromatic N) is 3. The summed E-state index contributed by atoms with van der Waals surface area (Å²) in [6.45, 7) is 0.801. The predicted octanol–water partition coefficient (Wildman–Crippen LogP) is 2.65. The van der Waals surface area contributed by atoms with Gasteiger partial charge in [0, 0.05) is 43.4 Å². The molecule has 0 aliphatic carbocycles. The molecule has 0 saturated heterocycles. The van der Waals surface area contributed by atoms with Gasteiger partial charge >= 0.3 is 0 Å². The highest BCUT2D eigenvalue weighted by Crippen LogP contribution is 2.29. The maximum Gasteiger partial charge on any atom is 0.262 e. The number of hydrogen-bond donors (Lipinski definition) is 1. The zero-order chi connectivity index (χ0) is 19.3. The molecule has 1 aliphatic rings. The van der Waals surface area contributed by atoms with Crippen LogP contribution < -0.4 is 10.1 Å². The minimum absolute atomic E-state index is 0.0545. The Balaban J connectivity index is 1.61. The minimum atomic E-state index is -0.206. The molecule has 2 amide bonds. The van der Waals surface area contributed by atoms with Crippen LogP contribution in [0.25, 0.3) is 0 Å². The Bertz CT molecular complexity index is 952. The fourth-order valence-electron chi connectivity index (χ4n) is 3.01. The number of pyridine rings is 2. The van der Waals surface area contributed by atoms with Gasteiger partial charge in [0.1, 0.15) is 5.75 Å². The van der Waals surface area contributed by atoms with Crippen LogP contribution in [0.15, 0.2) is 67.3 Å². The van der Waals surface area contributed by atoms with Gasteiger partial charge in [-0.15, -0.1) is 0 Å². The van der Waals surface area contributed by atoms with Crippen LogP contribution in [-0.2, 0) is 17.9 Å². The molecule has 140 valence electrons. The van der Waals surface area contributed by atoms with Gasteiger partial charge in [-0.25, -0.2) is 0 Å². The quantitative estimate of drug-likeness (QED) is 0.742. The van der Waals surface area contributed by atoms with Crippen molar-refractivity contribution in [3.05, 3.63) is 83.9 Å². The first-order chi connectivity index (χ1) is 13.7. The van der Waals surface area contributed by atoms with Gasteiger partial charge in [0.2, 0.25) is 0 Å². The van der Waals surface area contributed by atoms with Crippen LogP contribution in [0, 0.1) is 0 Å². The average molecular weight is 374 g/mol. The summed E-state index contributed by atoms with van der Waals surface area (Å²) in [6.07, 6.45) is 6.86. The minimum Gasteiger partial charge on any atom is -0.482 e. The summed E-state index contributed by atoms with van der Waals surface area (Å²) in [7, 11) is 0. The Labute approximate surface area is 162 Å². The number of rotatable bonds is 5. The van der Waals surface area contributed by atoms with Crippen LogP contribution in [0.3, 0.4) is 0 Å². The van der Waals surface area contributed by atoms with Crippen LogP contribution >= 0.6 is 0 Å². The number of benzene rings is 1. The van der Waals surface area contributed by atoms with Crippen molar-refractivity contribution in [3.8, 4) is 5.75 Å². The lowest BCUT2D eigenvalue weighted by Gasteiger charge is -2.24. The van der Waals surface area contributed by atoms with Gasteiger partial charge in [0.25, 0.3) is 11.8 Å². The first-order valence-electron chi connectivity index (χ1n) is 8.83. The molecule has 0 radical (unpaired) electrons. The maximum absolute atomic E-state index is 13.3. The lowest BCUT2D eigenvalue weighted by Crippen LogP contribution is -2.31. The fraction of sp³-hybridized carbons (Fsp3) is 0.143. The van der Waals surface area contributed by atoms with Crippen LogP contribution in [0.5, 0.6) is 5.75 Å². The van der Waals surface area contributed by atoms with E-state index in [1.54, 1.807) is 47.9 Å². The summed E-state index contributed by atoms with van der Waals surface area (Å²) in [6, 6.07) is 12.6. The topological polar surface area (TPSA) is 84.4 Å². The van der Waals surface area contributed by atoms with Gasteiger partial charge in [-0.2, -0.15) is 0 Å². The largest absolute Gasteiger partial charge is 0.482 e. The molecule has 0 fully saturated rings. The molecular formula is C21H18N4O3. The summed E-state index contributed by atoms with van der Waals surface area (Å²) in [4.78, 5) is 34.6. The Kier molecular flexibility index (Phi) is 4.97. The molecule has 0 atom stereocenters. The lowest BCUT2D eigenvalue weighted by molar-refractivity contribution is -0.118. The van der Waals surface area contributed by atoms with Crippen molar-refractivity contribution >= 4 is 17.5 Å². The van der Waals surface area contributed by atoms with Crippen LogP contribution in [0.2, 0.25) is 0 Å². The highest BCUT2D eigenvalue weighted by Gasteiger charge is 2.21. The van der Waals surface area contributed by atoms with E-state index in [0.29, 0.717) is 30.1 Å². The summed E-state index contributed by atoms with van der Waals surface area (Å²) in [5.74, 6) is 0.155. The van der Waals surface area contributed by atoms with Gasteiger partial charge in [-0.1, -0.05) is 6.07 Å². The second-order valence-corrected chi connectivity index (χ2v) is 6.43. The molecule has 0 bridgehead atoms. The van der Waals surface area contributed by atoms with Crippen LogP contribution in [-0.4, -0.2) is 33.3 Å². The summed E-state index contributed by atoms with van der Waals surface area (Å²) in [5, 5.41) is 2.73. The van der Waals surface area contributed by atoms with Crippen molar-refractivity contribution in [1.82, 2.24) is 14.9 Å². The number of carbonyl (C=O) groups is 2. The third-order valence-corrected chi connectivity index (χ3v) is 4.37. The highest BCUT2D eigenvalue weighted by molar-refractivity contribution is 5.99. The summed E-state index contributed by atoms with van der Waals surface area (Å²) >= 11 is 0. The van der Waals surface area contributed by atoms with Crippen molar-refractivity contribution in [2.45, 2.75) is 13.1 Å². The lowest BCUT2D eigenvalue weighted by atomic mass is 10.1. The third kappa shape index (κ3) is 3.98. The number of anilines is 1. The Morgan fingerprint density at radius 1 is 1.04 bits per heavy atom. The van der Waals surface area contributed by atoms with Crippen molar-refractivity contribution in [2.75, 3.05) is 11.9 Å². The van der Waals surface area contributed by atoms with Gasteiger partial charge in [0.05, 0.1) is 5.69 Å². The number of hydrogen-bond acceptors (Lipinski definition) is 5. The Morgan fingerprint density at radius 2 is 1.86 bits per heavy atom. The molecule has 0 spiro atoms. The standard InChI is InChI=1S/C21H18N4O3/c26-20-14-28-19-10-17(3-4-18(19)24-20)21(27)25(12-15-5-8-22-9-6-15)13-16-2-1-7-23-11-16/h1-11H,12-14H2,(H,24,26). The number of nitrogens with one attached hydrogen (secondary N) is 1. The molecule has 1 aliphatic heterocycles. The molecule has 7 nitrogen and oxygen atoms in total. The number of carbonyl (C=O) groups excluding carboxylic acids is 2. The number of amides is 2. The zero-order valence-electron chi connectivity index (χ0n) is 15.0. The van der Waals surface area contributed by atoms with E-state index in [-0.39, 0.29) is 18.4 Å². The molecule has 7 heteroatoms. The summed E-state index contributed by atoms with van der Waals surface area (Å²) < 4.78 is 5.44. The van der Waals surface area contributed by atoms with Gasteiger partial charge in [-0.3, -0.25) is 19.6 Å². The fourth-order valence-corrected chi connectivity index (χ4v) is 3.01. The molecule has 3 aromatic rings. The molecule has 3 heterocycles. The first-order valence-corrected chi connectivity index (χ1v) is 8.83. The average Bonchev–Trinajstić information content (AvgIpc) is 2.74. The molecule has 28 heavy (non-hydrogen) atoms. The van der Waals surface area contributed by atoms with E-state index >= 15 is 0 Å². The smallest absolute Gasteiger partial charge is 0.262 e. The molecule has 0 saturated carbocycles. The number of ether oxygens (including phenoxy) is 1. The SMILES string of the molecule is O=C1COc2cc(C(=O)N(Cc3ccncc3)Cc3cccnc3)ccc2N1. The van der Waals surface area contributed by atoms with Gasteiger partial charge in [-0.05, 0) is 47.5 Å². The maximum atomic E-state index is 13.3. The van der Waals surface area contributed by atoms with E-state index in [1.165, 1.54) is 0 Å². The molecule has 0 unspecified atom stereocenters. The van der Waals surface area contributed by atoms with Crippen LogP contribution in [0.1, 0.15) is 21.5 Å². The van der Waals surface area contributed by atoms with Crippen molar-refractivity contribution in [2.24, 2.45) is 0 Å². The number of fused-ring (bicyclic) bond motifs is 1. The van der Waals surface area contributed by atoms with Crippen LogP contribution in [0.4, 0.5) is 5.69 Å². The first kappa shape index (κ1) is 17.7. The molecule has 1 aromatic carbocycles.